The smallest absolute Gasteiger partial charge is 0.257 e. The minimum atomic E-state index is -0.270. The maximum atomic E-state index is 12.4. The van der Waals surface area contributed by atoms with Crippen molar-refractivity contribution in [3.63, 3.8) is 0 Å². The minimum absolute atomic E-state index is 0.270. The van der Waals surface area contributed by atoms with Crippen molar-refractivity contribution in [1.82, 2.24) is 0 Å². The average molecular weight is 338 g/mol. The second-order valence-electron chi connectivity index (χ2n) is 4.37. The number of hydrogen-bond donors (Lipinski definition) is 1. The monoisotopic (exact) mass is 337 g/mol. The van der Waals surface area contributed by atoms with E-state index in [-0.39, 0.29) is 5.91 Å². The Bertz CT molecular complexity index is 691. The number of amides is 1. The summed E-state index contributed by atoms with van der Waals surface area (Å²) < 4.78 is 10.4. The highest BCUT2D eigenvalue weighted by atomic mass is 35.5. The van der Waals surface area contributed by atoms with Gasteiger partial charge in [0.25, 0.3) is 5.91 Å². The van der Waals surface area contributed by atoms with Crippen LogP contribution in [-0.4, -0.2) is 26.4 Å². The summed E-state index contributed by atoms with van der Waals surface area (Å²) in [5.74, 6) is 0.875. The normalized spacial score (nSPS) is 10.2. The maximum absolute atomic E-state index is 12.4. The fourth-order valence-electron chi connectivity index (χ4n) is 1.92. The van der Waals surface area contributed by atoms with Gasteiger partial charge in [-0.2, -0.15) is 0 Å². The second-order valence-corrected chi connectivity index (χ2v) is 5.66. The predicted molar refractivity (Wildman–Crippen MR) is 90.7 cm³/mol. The number of carbonyl (C=O) groups is 1. The lowest BCUT2D eigenvalue weighted by Gasteiger charge is -2.11. The topological polar surface area (TPSA) is 47.6 Å². The van der Waals surface area contributed by atoms with Crippen molar-refractivity contribution in [3.05, 3.63) is 47.0 Å². The number of ether oxygens (including phenoxy) is 2. The zero-order valence-electron chi connectivity index (χ0n) is 12.5. The molecule has 116 valence electrons. The summed E-state index contributed by atoms with van der Waals surface area (Å²) in [5, 5.41) is 3.22. The Labute approximate surface area is 138 Å². The molecule has 4 nitrogen and oxygen atoms in total. The first kappa shape index (κ1) is 16.5. The van der Waals surface area contributed by atoms with Crippen LogP contribution in [0.2, 0.25) is 5.02 Å². The summed E-state index contributed by atoms with van der Waals surface area (Å²) >= 11 is 7.66. The van der Waals surface area contributed by atoms with E-state index < -0.39 is 0 Å². The first-order valence-electron chi connectivity index (χ1n) is 6.46. The van der Waals surface area contributed by atoms with Crippen LogP contribution in [0.3, 0.4) is 0 Å². The molecule has 2 rings (SSSR count). The Morgan fingerprint density at radius 3 is 2.45 bits per heavy atom. The van der Waals surface area contributed by atoms with Crippen LogP contribution in [0.4, 0.5) is 5.69 Å². The Morgan fingerprint density at radius 1 is 1.09 bits per heavy atom. The van der Waals surface area contributed by atoms with E-state index in [1.807, 2.05) is 12.3 Å². The third-order valence-electron chi connectivity index (χ3n) is 3.06. The number of nitrogens with one attached hydrogen (secondary N) is 1. The quantitative estimate of drug-likeness (QED) is 0.825. The second kappa shape index (κ2) is 7.42. The van der Waals surface area contributed by atoms with Crippen molar-refractivity contribution in [2.45, 2.75) is 4.90 Å². The van der Waals surface area contributed by atoms with E-state index in [0.29, 0.717) is 27.8 Å². The lowest BCUT2D eigenvalue weighted by Crippen LogP contribution is -2.12. The molecule has 0 aliphatic carbocycles. The van der Waals surface area contributed by atoms with E-state index in [2.05, 4.69) is 5.32 Å². The van der Waals surface area contributed by atoms with Gasteiger partial charge < -0.3 is 14.8 Å². The van der Waals surface area contributed by atoms with Crippen LogP contribution in [0.15, 0.2) is 41.3 Å². The third-order valence-corrected chi connectivity index (χ3v) is 4.11. The number of methoxy groups -OCH3 is 2. The molecular weight excluding hydrogens is 322 g/mol. The molecule has 0 aliphatic heterocycles. The Kier molecular flexibility index (Phi) is 5.57. The summed E-state index contributed by atoms with van der Waals surface area (Å²) in [6.45, 7) is 0. The number of thioether (sulfide) groups is 1. The highest BCUT2D eigenvalue weighted by Gasteiger charge is 2.13. The van der Waals surface area contributed by atoms with Gasteiger partial charge >= 0.3 is 0 Å². The van der Waals surface area contributed by atoms with Crippen molar-refractivity contribution in [3.8, 4) is 11.5 Å². The molecule has 0 fully saturated rings. The molecule has 0 aliphatic rings. The van der Waals surface area contributed by atoms with E-state index in [9.17, 15) is 4.79 Å². The summed E-state index contributed by atoms with van der Waals surface area (Å²) in [6, 6.07) is 10.5. The SMILES string of the molecule is COc1ccc(NC(=O)c2cc(SC)ccc2Cl)cc1OC. The molecule has 1 amide bonds. The number of halogens is 1. The molecule has 0 aromatic heterocycles. The van der Waals surface area contributed by atoms with Gasteiger partial charge in [0.05, 0.1) is 24.8 Å². The van der Waals surface area contributed by atoms with Crippen LogP contribution < -0.4 is 14.8 Å². The minimum Gasteiger partial charge on any atom is -0.493 e. The molecule has 22 heavy (non-hydrogen) atoms. The van der Waals surface area contributed by atoms with E-state index in [4.69, 9.17) is 21.1 Å². The third kappa shape index (κ3) is 3.67. The van der Waals surface area contributed by atoms with Crippen molar-refractivity contribution >= 4 is 35.0 Å². The molecule has 0 saturated heterocycles. The van der Waals surface area contributed by atoms with Crippen LogP contribution in [-0.2, 0) is 0 Å². The summed E-state index contributed by atoms with van der Waals surface area (Å²) in [5.41, 5.74) is 1.04. The number of anilines is 1. The molecule has 6 heteroatoms. The number of benzene rings is 2. The fourth-order valence-corrected chi connectivity index (χ4v) is 2.56. The fraction of sp³-hybridized carbons (Fsp3) is 0.188. The summed E-state index contributed by atoms with van der Waals surface area (Å²) in [6.07, 6.45) is 1.94. The van der Waals surface area contributed by atoms with Crippen LogP contribution in [0.1, 0.15) is 10.4 Å². The number of hydrogen-bond acceptors (Lipinski definition) is 4. The molecule has 0 heterocycles. The first-order valence-corrected chi connectivity index (χ1v) is 8.06. The zero-order chi connectivity index (χ0) is 16.1. The van der Waals surface area contributed by atoms with Gasteiger partial charge in [-0.1, -0.05) is 11.6 Å². The van der Waals surface area contributed by atoms with Crippen LogP contribution in [0.25, 0.3) is 0 Å². The molecule has 2 aromatic rings. The van der Waals surface area contributed by atoms with Crippen LogP contribution >= 0.6 is 23.4 Å². The van der Waals surface area contributed by atoms with Gasteiger partial charge in [-0.05, 0) is 36.6 Å². The highest BCUT2D eigenvalue weighted by molar-refractivity contribution is 7.98. The first-order chi connectivity index (χ1) is 10.6. The molecule has 1 N–H and O–H groups in total. The van der Waals surface area contributed by atoms with Gasteiger partial charge in [-0.15, -0.1) is 11.8 Å². The van der Waals surface area contributed by atoms with Crippen molar-refractivity contribution in [1.29, 1.82) is 0 Å². The number of carbonyl (C=O) groups excluding carboxylic acids is 1. The van der Waals surface area contributed by atoms with Gasteiger partial charge in [0.2, 0.25) is 0 Å². The van der Waals surface area contributed by atoms with Crippen LogP contribution in [0, 0.1) is 0 Å². The predicted octanol–water partition coefficient (Wildman–Crippen LogP) is 4.33. The van der Waals surface area contributed by atoms with Gasteiger partial charge in [-0.25, -0.2) is 0 Å². The molecule has 0 unspecified atom stereocenters. The largest absolute Gasteiger partial charge is 0.493 e. The van der Waals surface area contributed by atoms with Gasteiger partial charge in [0, 0.05) is 16.6 Å². The Morgan fingerprint density at radius 2 is 1.82 bits per heavy atom. The summed E-state index contributed by atoms with van der Waals surface area (Å²) in [7, 11) is 3.10. The number of rotatable bonds is 5. The molecule has 0 radical (unpaired) electrons. The lowest BCUT2D eigenvalue weighted by molar-refractivity contribution is 0.102. The van der Waals surface area contributed by atoms with Crippen molar-refractivity contribution in [2.24, 2.45) is 0 Å². The van der Waals surface area contributed by atoms with E-state index in [1.54, 1.807) is 56.3 Å². The average Bonchev–Trinajstić information content (AvgIpc) is 2.55. The van der Waals surface area contributed by atoms with Gasteiger partial charge in [-0.3, -0.25) is 4.79 Å². The molecule has 0 bridgehead atoms. The Hall–Kier alpha value is -1.85. The van der Waals surface area contributed by atoms with Gasteiger partial charge in [0.15, 0.2) is 11.5 Å². The van der Waals surface area contributed by atoms with Crippen molar-refractivity contribution in [2.75, 3.05) is 25.8 Å². The van der Waals surface area contributed by atoms with E-state index >= 15 is 0 Å². The lowest BCUT2D eigenvalue weighted by atomic mass is 10.2. The molecule has 0 atom stereocenters. The standard InChI is InChI=1S/C16H16ClNO3S/c1-20-14-7-4-10(8-15(14)21-2)18-16(19)12-9-11(22-3)5-6-13(12)17/h4-9H,1-3H3,(H,18,19). The zero-order valence-corrected chi connectivity index (χ0v) is 14.0. The van der Waals surface area contributed by atoms with Crippen molar-refractivity contribution < 1.29 is 14.3 Å². The Balaban J connectivity index is 2.25. The molecular formula is C16H16ClNO3S. The molecule has 0 spiro atoms. The van der Waals surface area contributed by atoms with Gasteiger partial charge in [0.1, 0.15) is 0 Å². The van der Waals surface area contributed by atoms with E-state index in [0.717, 1.165) is 4.90 Å². The maximum Gasteiger partial charge on any atom is 0.257 e. The highest BCUT2D eigenvalue weighted by Crippen LogP contribution is 2.30. The molecule has 2 aromatic carbocycles. The van der Waals surface area contributed by atoms with Crippen LogP contribution in [0.5, 0.6) is 11.5 Å². The summed E-state index contributed by atoms with van der Waals surface area (Å²) in [4.78, 5) is 13.4. The van der Waals surface area contributed by atoms with E-state index in [1.165, 1.54) is 0 Å². The molecule has 0 saturated carbocycles.